The number of ether oxygens (including phenoxy) is 1. The second-order valence-electron chi connectivity index (χ2n) is 8.22. The Kier molecular flexibility index (Phi) is 10.2. The second kappa shape index (κ2) is 12.5. The molecule has 192 valence electrons. The second-order valence-corrected chi connectivity index (χ2v) is 11.0. The van der Waals surface area contributed by atoms with Crippen molar-refractivity contribution < 1.29 is 22.7 Å². The third kappa shape index (κ3) is 8.02. The molecule has 35 heavy (non-hydrogen) atoms. The predicted octanol–water partition coefficient (Wildman–Crippen LogP) is 4.10. The van der Waals surface area contributed by atoms with E-state index in [0.717, 1.165) is 10.6 Å². The molecule has 0 saturated heterocycles. The Balaban J connectivity index is 2.43. The van der Waals surface area contributed by atoms with E-state index in [1.165, 1.54) is 18.1 Å². The van der Waals surface area contributed by atoms with Crippen LogP contribution in [-0.4, -0.2) is 57.1 Å². The molecule has 0 unspecified atom stereocenters. The number of hydrogen-bond donors (Lipinski definition) is 1. The minimum absolute atomic E-state index is 0.0142. The monoisotopic (exact) mass is 543 g/mol. The van der Waals surface area contributed by atoms with Crippen LogP contribution in [0.25, 0.3) is 0 Å². The van der Waals surface area contributed by atoms with Gasteiger partial charge in [-0.25, -0.2) is 8.42 Å². The van der Waals surface area contributed by atoms with Gasteiger partial charge in [0.25, 0.3) is 0 Å². The van der Waals surface area contributed by atoms with Crippen LogP contribution in [0.1, 0.15) is 32.8 Å². The molecule has 0 bridgehead atoms. The Morgan fingerprint density at radius 2 is 1.80 bits per heavy atom. The van der Waals surface area contributed by atoms with Gasteiger partial charge in [0.15, 0.2) is 0 Å². The van der Waals surface area contributed by atoms with E-state index in [4.69, 9.17) is 27.9 Å². The summed E-state index contributed by atoms with van der Waals surface area (Å²) in [4.78, 5) is 27.8. The first-order valence-electron chi connectivity index (χ1n) is 11.0. The van der Waals surface area contributed by atoms with Crippen LogP contribution in [0.4, 0.5) is 5.69 Å². The van der Waals surface area contributed by atoms with Crippen LogP contribution in [0, 0.1) is 0 Å². The molecule has 0 spiro atoms. The highest BCUT2D eigenvalue weighted by molar-refractivity contribution is 7.92. The first-order chi connectivity index (χ1) is 16.4. The molecule has 0 aliphatic heterocycles. The molecule has 0 fully saturated rings. The molecule has 2 amide bonds. The van der Waals surface area contributed by atoms with E-state index in [2.05, 4.69) is 5.32 Å². The van der Waals surface area contributed by atoms with Crippen molar-refractivity contribution in [2.24, 2.45) is 0 Å². The molecular formula is C24H31Cl2N3O5S. The number of halogens is 2. The lowest BCUT2D eigenvalue weighted by Gasteiger charge is -2.32. The molecule has 11 heteroatoms. The normalized spacial score (nSPS) is 13.0. The molecule has 1 N–H and O–H groups in total. The molecule has 0 aliphatic carbocycles. The van der Waals surface area contributed by atoms with Crippen molar-refractivity contribution in [2.45, 2.75) is 45.8 Å². The average Bonchev–Trinajstić information content (AvgIpc) is 2.80. The summed E-state index contributed by atoms with van der Waals surface area (Å²) < 4.78 is 31.4. The van der Waals surface area contributed by atoms with Gasteiger partial charge in [0.1, 0.15) is 18.3 Å². The van der Waals surface area contributed by atoms with Crippen molar-refractivity contribution in [3.63, 3.8) is 0 Å². The maximum Gasteiger partial charge on any atom is 0.244 e. The quantitative estimate of drug-likeness (QED) is 0.460. The van der Waals surface area contributed by atoms with E-state index in [-0.39, 0.29) is 24.2 Å². The zero-order chi connectivity index (χ0) is 26.3. The summed E-state index contributed by atoms with van der Waals surface area (Å²) in [6.07, 6.45) is 1.73. The number of hydrogen-bond acceptors (Lipinski definition) is 5. The van der Waals surface area contributed by atoms with Crippen molar-refractivity contribution in [1.29, 1.82) is 0 Å². The molecule has 2 atom stereocenters. The average molecular weight is 545 g/mol. The summed E-state index contributed by atoms with van der Waals surface area (Å²) in [5.74, 6) is -0.490. The Morgan fingerprint density at radius 1 is 1.11 bits per heavy atom. The first-order valence-corrected chi connectivity index (χ1v) is 13.6. The number of nitrogens with one attached hydrogen (secondary N) is 1. The van der Waals surface area contributed by atoms with Gasteiger partial charge >= 0.3 is 0 Å². The van der Waals surface area contributed by atoms with Crippen LogP contribution in [0.3, 0.4) is 0 Å². The lowest BCUT2D eigenvalue weighted by atomic mass is 10.1. The lowest BCUT2D eigenvalue weighted by molar-refractivity contribution is -0.139. The highest BCUT2D eigenvalue weighted by Crippen LogP contribution is 2.25. The van der Waals surface area contributed by atoms with Crippen molar-refractivity contribution in [3.8, 4) is 5.75 Å². The van der Waals surface area contributed by atoms with E-state index in [9.17, 15) is 18.0 Å². The standard InChI is InChI=1S/C24H31Cl2N3O5S/c1-6-16(2)27-24(31)17(3)28(14-18-10-11-19(25)12-22(18)26)23(30)15-29(35(5,32)33)20-8-7-9-21(13-20)34-4/h7-13,16-17H,6,14-15H2,1-5H3,(H,27,31)/t16-,17-/m1/s1. The van der Waals surface area contributed by atoms with Crippen molar-refractivity contribution in [3.05, 3.63) is 58.1 Å². The minimum atomic E-state index is -3.84. The number of benzene rings is 2. The smallest absolute Gasteiger partial charge is 0.244 e. The van der Waals surface area contributed by atoms with Crippen molar-refractivity contribution >= 4 is 50.7 Å². The van der Waals surface area contributed by atoms with Crippen LogP contribution < -0.4 is 14.4 Å². The third-order valence-corrected chi connectivity index (χ3v) is 7.27. The fourth-order valence-corrected chi connectivity index (χ4v) is 4.57. The molecule has 2 rings (SSSR count). The molecule has 0 radical (unpaired) electrons. The third-order valence-electron chi connectivity index (χ3n) is 5.54. The van der Waals surface area contributed by atoms with E-state index in [0.29, 0.717) is 27.8 Å². The van der Waals surface area contributed by atoms with Crippen LogP contribution in [0.5, 0.6) is 5.75 Å². The first kappa shape index (κ1) is 28.7. The Hall–Kier alpha value is -2.49. The van der Waals surface area contributed by atoms with Gasteiger partial charge in [0.2, 0.25) is 21.8 Å². The topological polar surface area (TPSA) is 96.0 Å². The molecule has 0 heterocycles. The van der Waals surface area contributed by atoms with E-state index >= 15 is 0 Å². The van der Waals surface area contributed by atoms with Crippen LogP contribution in [0.15, 0.2) is 42.5 Å². The van der Waals surface area contributed by atoms with Crippen LogP contribution >= 0.6 is 23.2 Å². The summed E-state index contributed by atoms with van der Waals surface area (Å²) in [6.45, 7) is 4.86. The number of methoxy groups -OCH3 is 1. The van der Waals surface area contributed by atoms with E-state index in [1.54, 1.807) is 43.3 Å². The minimum Gasteiger partial charge on any atom is -0.497 e. The van der Waals surface area contributed by atoms with Gasteiger partial charge in [-0.15, -0.1) is 0 Å². The van der Waals surface area contributed by atoms with Gasteiger partial charge in [-0.1, -0.05) is 42.3 Å². The molecule has 2 aromatic rings. The Labute approximate surface area is 217 Å². The zero-order valence-corrected chi connectivity index (χ0v) is 22.7. The summed E-state index contributed by atoms with van der Waals surface area (Å²) in [5.41, 5.74) is 0.835. The van der Waals surface area contributed by atoms with Gasteiger partial charge in [-0.05, 0) is 50.1 Å². The number of nitrogens with zero attached hydrogens (tertiary/aromatic N) is 2. The Morgan fingerprint density at radius 3 is 2.37 bits per heavy atom. The van der Waals surface area contributed by atoms with E-state index in [1.807, 2.05) is 13.8 Å². The maximum atomic E-state index is 13.6. The summed E-state index contributed by atoms with van der Waals surface area (Å²) >= 11 is 12.3. The predicted molar refractivity (Wildman–Crippen MR) is 140 cm³/mol. The SMILES string of the molecule is CC[C@@H](C)NC(=O)[C@@H](C)N(Cc1ccc(Cl)cc1Cl)C(=O)CN(c1cccc(OC)c1)S(C)(=O)=O. The highest BCUT2D eigenvalue weighted by Gasteiger charge is 2.31. The molecule has 0 aliphatic rings. The van der Waals surface area contributed by atoms with Crippen molar-refractivity contribution in [1.82, 2.24) is 10.2 Å². The number of rotatable bonds is 11. The van der Waals surface area contributed by atoms with E-state index < -0.39 is 28.5 Å². The molecule has 8 nitrogen and oxygen atoms in total. The molecule has 2 aromatic carbocycles. The van der Waals surface area contributed by atoms with Gasteiger partial charge < -0.3 is 15.0 Å². The van der Waals surface area contributed by atoms with Gasteiger partial charge in [0, 0.05) is 28.7 Å². The number of sulfonamides is 1. The molecular weight excluding hydrogens is 513 g/mol. The Bertz CT molecular complexity index is 1160. The fourth-order valence-electron chi connectivity index (χ4n) is 3.26. The zero-order valence-electron chi connectivity index (χ0n) is 20.4. The molecule has 0 saturated carbocycles. The van der Waals surface area contributed by atoms with Crippen molar-refractivity contribution in [2.75, 3.05) is 24.2 Å². The van der Waals surface area contributed by atoms with Crippen LogP contribution in [0.2, 0.25) is 10.0 Å². The number of anilines is 1. The highest BCUT2D eigenvalue weighted by atomic mass is 35.5. The largest absolute Gasteiger partial charge is 0.497 e. The lowest BCUT2D eigenvalue weighted by Crippen LogP contribution is -2.52. The number of carbonyl (C=O) groups is 2. The van der Waals surface area contributed by atoms with Gasteiger partial charge in [-0.3, -0.25) is 13.9 Å². The number of carbonyl (C=O) groups excluding carboxylic acids is 2. The summed E-state index contributed by atoms with van der Waals surface area (Å²) in [6, 6.07) is 10.2. The van der Waals surface area contributed by atoms with Gasteiger partial charge in [-0.2, -0.15) is 0 Å². The number of amides is 2. The molecule has 0 aromatic heterocycles. The fraction of sp³-hybridized carbons (Fsp3) is 0.417. The van der Waals surface area contributed by atoms with Gasteiger partial charge in [0.05, 0.1) is 19.1 Å². The van der Waals surface area contributed by atoms with Crippen LogP contribution in [-0.2, 0) is 26.2 Å². The summed E-state index contributed by atoms with van der Waals surface area (Å²) in [7, 11) is -2.38. The maximum absolute atomic E-state index is 13.6. The summed E-state index contributed by atoms with van der Waals surface area (Å²) in [5, 5.41) is 3.63.